The number of nitrogens with one attached hydrogen (secondary N) is 1. The highest BCUT2D eigenvalue weighted by Crippen LogP contribution is 2.27. The molecule has 1 heterocycles. The molecule has 22 heavy (non-hydrogen) atoms. The van der Waals surface area contributed by atoms with Crippen LogP contribution in [0.15, 0.2) is 54.6 Å². The zero-order chi connectivity index (χ0) is 15.3. The Balaban J connectivity index is 1.50. The first-order valence-corrected chi connectivity index (χ1v) is 7.49. The second kappa shape index (κ2) is 6.81. The van der Waals surface area contributed by atoms with Crippen LogP contribution in [-0.4, -0.2) is 31.5 Å². The molecular weight excluding hydrogens is 278 g/mol. The molecule has 0 atom stereocenters. The molecule has 0 unspecified atom stereocenters. The number of ether oxygens (including phenoxy) is 2. The molecule has 3 rings (SSSR count). The van der Waals surface area contributed by atoms with Gasteiger partial charge in [-0.2, -0.15) is 0 Å². The zero-order valence-electron chi connectivity index (χ0n) is 12.5. The number of rotatable bonds is 7. The minimum atomic E-state index is -0.123. The lowest BCUT2D eigenvalue weighted by molar-refractivity contribution is -0.128. The molecule has 1 fully saturated rings. The van der Waals surface area contributed by atoms with Gasteiger partial charge in [-0.05, 0) is 29.8 Å². The van der Waals surface area contributed by atoms with Crippen molar-refractivity contribution in [1.82, 2.24) is 0 Å². The van der Waals surface area contributed by atoms with E-state index in [1.54, 1.807) is 0 Å². The summed E-state index contributed by atoms with van der Waals surface area (Å²) in [5.74, 6) is 0.846. The predicted molar refractivity (Wildman–Crippen MR) is 86.0 cm³/mol. The Kier molecular flexibility index (Phi) is 4.61. The lowest BCUT2D eigenvalue weighted by Gasteiger charge is -2.40. The van der Waals surface area contributed by atoms with Crippen molar-refractivity contribution >= 4 is 5.69 Å². The van der Waals surface area contributed by atoms with Crippen molar-refractivity contribution in [3.8, 4) is 5.75 Å². The number of anilines is 1. The van der Waals surface area contributed by atoms with Crippen molar-refractivity contribution in [2.75, 3.05) is 31.7 Å². The van der Waals surface area contributed by atoms with Crippen molar-refractivity contribution in [3.05, 3.63) is 60.2 Å². The molecule has 1 saturated heterocycles. The molecule has 0 bridgehead atoms. The summed E-state index contributed by atoms with van der Waals surface area (Å²) in [7, 11) is 0. The van der Waals surface area contributed by atoms with Gasteiger partial charge < -0.3 is 19.9 Å². The van der Waals surface area contributed by atoms with Gasteiger partial charge in [-0.25, -0.2) is 0 Å². The number of aliphatic hydroxyl groups is 1. The van der Waals surface area contributed by atoms with Crippen molar-refractivity contribution in [2.24, 2.45) is 5.41 Å². The molecule has 4 heteroatoms. The largest absolute Gasteiger partial charge is 0.489 e. The third-order valence-electron chi connectivity index (χ3n) is 3.92. The SMILES string of the molecule is OCC1(CNc2ccc(OCc3ccccc3)cc2)COC1. The molecule has 0 saturated carbocycles. The number of hydrogen-bond acceptors (Lipinski definition) is 4. The fourth-order valence-electron chi connectivity index (χ4n) is 2.34. The van der Waals surface area contributed by atoms with Crippen molar-refractivity contribution in [3.63, 3.8) is 0 Å². The molecule has 1 aliphatic heterocycles. The third-order valence-corrected chi connectivity index (χ3v) is 3.92. The first-order valence-electron chi connectivity index (χ1n) is 7.49. The van der Waals surface area contributed by atoms with Crippen molar-refractivity contribution in [1.29, 1.82) is 0 Å². The lowest BCUT2D eigenvalue weighted by atomic mass is 9.87. The van der Waals surface area contributed by atoms with Crippen LogP contribution in [0.2, 0.25) is 0 Å². The molecule has 0 aliphatic carbocycles. The Morgan fingerprint density at radius 1 is 1.05 bits per heavy atom. The number of aliphatic hydroxyl groups excluding tert-OH is 1. The average Bonchev–Trinajstić information content (AvgIpc) is 2.54. The van der Waals surface area contributed by atoms with Crippen molar-refractivity contribution < 1.29 is 14.6 Å². The Bertz CT molecular complexity index is 574. The van der Waals surface area contributed by atoms with Gasteiger partial charge in [0.2, 0.25) is 0 Å². The number of hydrogen-bond donors (Lipinski definition) is 2. The van der Waals surface area contributed by atoms with Crippen LogP contribution in [0.3, 0.4) is 0 Å². The zero-order valence-corrected chi connectivity index (χ0v) is 12.5. The molecule has 0 spiro atoms. The first-order chi connectivity index (χ1) is 10.8. The third kappa shape index (κ3) is 3.59. The molecule has 2 aromatic carbocycles. The molecule has 0 amide bonds. The van der Waals surface area contributed by atoms with Crippen LogP contribution in [0.4, 0.5) is 5.69 Å². The van der Waals surface area contributed by atoms with E-state index >= 15 is 0 Å². The summed E-state index contributed by atoms with van der Waals surface area (Å²) in [5.41, 5.74) is 2.05. The smallest absolute Gasteiger partial charge is 0.119 e. The summed E-state index contributed by atoms with van der Waals surface area (Å²) in [6, 6.07) is 18.0. The van der Waals surface area contributed by atoms with Crippen LogP contribution in [0.1, 0.15) is 5.56 Å². The van der Waals surface area contributed by atoms with E-state index in [1.807, 2.05) is 54.6 Å². The van der Waals surface area contributed by atoms with Crippen LogP contribution in [0, 0.1) is 5.41 Å². The number of benzene rings is 2. The van der Waals surface area contributed by atoms with Crippen LogP contribution >= 0.6 is 0 Å². The Morgan fingerprint density at radius 3 is 2.36 bits per heavy atom. The van der Waals surface area contributed by atoms with E-state index < -0.39 is 0 Å². The lowest BCUT2D eigenvalue weighted by Crippen LogP contribution is -2.50. The van der Waals surface area contributed by atoms with Crippen LogP contribution < -0.4 is 10.1 Å². The average molecular weight is 299 g/mol. The summed E-state index contributed by atoms with van der Waals surface area (Å²) < 4.78 is 10.9. The van der Waals surface area contributed by atoms with Gasteiger partial charge in [0.05, 0.1) is 25.2 Å². The monoisotopic (exact) mass is 299 g/mol. The predicted octanol–water partition coefficient (Wildman–Crippen LogP) is 2.69. The molecule has 2 N–H and O–H groups in total. The van der Waals surface area contributed by atoms with E-state index in [2.05, 4.69) is 5.32 Å². The van der Waals surface area contributed by atoms with E-state index in [0.717, 1.165) is 17.0 Å². The molecule has 2 aromatic rings. The normalized spacial score (nSPS) is 15.9. The van der Waals surface area contributed by atoms with Gasteiger partial charge >= 0.3 is 0 Å². The van der Waals surface area contributed by atoms with Crippen LogP contribution in [-0.2, 0) is 11.3 Å². The van der Waals surface area contributed by atoms with Crippen LogP contribution in [0.5, 0.6) is 5.75 Å². The molecule has 116 valence electrons. The summed E-state index contributed by atoms with van der Waals surface area (Å²) in [4.78, 5) is 0. The van der Waals surface area contributed by atoms with Gasteiger partial charge in [0, 0.05) is 12.2 Å². The maximum atomic E-state index is 9.40. The highest BCUT2D eigenvalue weighted by atomic mass is 16.5. The van der Waals surface area contributed by atoms with Crippen LogP contribution in [0.25, 0.3) is 0 Å². The summed E-state index contributed by atoms with van der Waals surface area (Å²) in [5, 5.41) is 12.7. The standard InChI is InChI=1S/C18H21NO3/c20-12-18(13-21-14-18)11-19-16-6-8-17(9-7-16)22-10-15-4-2-1-3-5-15/h1-9,19-20H,10-14H2. The highest BCUT2D eigenvalue weighted by Gasteiger charge is 2.37. The maximum Gasteiger partial charge on any atom is 0.119 e. The van der Waals surface area contributed by atoms with E-state index in [4.69, 9.17) is 9.47 Å². The first kappa shape index (κ1) is 14.9. The fraction of sp³-hybridized carbons (Fsp3) is 0.333. The molecular formula is C18H21NO3. The van der Waals surface area contributed by atoms with Gasteiger partial charge in [0.15, 0.2) is 0 Å². The summed E-state index contributed by atoms with van der Waals surface area (Å²) >= 11 is 0. The van der Waals surface area contributed by atoms with Gasteiger partial charge in [0.25, 0.3) is 0 Å². The van der Waals surface area contributed by atoms with Gasteiger partial charge in [-0.1, -0.05) is 30.3 Å². The van der Waals surface area contributed by atoms with E-state index in [9.17, 15) is 5.11 Å². The molecule has 1 aliphatic rings. The minimum Gasteiger partial charge on any atom is -0.489 e. The van der Waals surface area contributed by atoms with E-state index in [0.29, 0.717) is 26.4 Å². The minimum absolute atomic E-state index is 0.123. The fourth-order valence-corrected chi connectivity index (χ4v) is 2.34. The Hall–Kier alpha value is -2.04. The second-order valence-corrected chi connectivity index (χ2v) is 5.80. The topological polar surface area (TPSA) is 50.7 Å². The second-order valence-electron chi connectivity index (χ2n) is 5.80. The maximum absolute atomic E-state index is 9.40. The van der Waals surface area contributed by atoms with Gasteiger partial charge in [0.1, 0.15) is 12.4 Å². The van der Waals surface area contributed by atoms with E-state index in [-0.39, 0.29) is 12.0 Å². The highest BCUT2D eigenvalue weighted by molar-refractivity contribution is 5.46. The molecule has 0 aromatic heterocycles. The van der Waals surface area contributed by atoms with Gasteiger partial charge in [-0.15, -0.1) is 0 Å². The molecule has 0 radical (unpaired) electrons. The van der Waals surface area contributed by atoms with Crippen molar-refractivity contribution in [2.45, 2.75) is 6.61 Å². The van der Waals surface area contributed by atoms with Gasteiger partial charge in [-0.3, -0.25) is 0 Å². The summed E-state index contributed by atoms with van der Waals surface area (Å²) in [6.07, 6.45) is 0. The summed E-state index contributed by atoms with van der Waals surface area (Å²) in [6.45, 7) is 2.67. The van der Waals surface area contributed by atoms with E-state index in [1.165, 1.54) is 0 Å². The quantitative estimate of drug-likeness (QED) is 0.825. The molecule has 4 nitrogen and oxygen atoms in total. The Labute approximate surface area is 130 Å². The Morgan fingerprint density at radius 2 is 1.77 bits per heavy atom.